The summed E-state index contributed by atoms with van der Waals surface area (Å²) in [5.41, 5.74) is 1.03. The lowest BCUT2D eigenvalue weighted by Gasteiger charge is -2.26. The molecule has 3 aromatic rings. The number of rotatable bonds is 8. The van der Waals surface area contributed by atoms with Crippen LogP contribution in [0.2, 0.25) is 5.02 Å². The number of halogens is 1. The number of benzene rings is 3. The molecule has 4 rings (SSSR count). The zero-order valence-corrected chi connectivity index (χ0v) is 19.9. The van der Waals surface area contributed by atoms with Gasteiger partial charge in [-0.15, -0.1) is 0 Å². The topological polar surface area (TPSA) is 105 Å². The van der Waals surface area contributed by atoms with Gasteiger partial charge in [0, 0.05) is 29.2 Å². The molecule has 2 amide bonds. The van der Waals surface area contributed by atoms with E-state index in [0.717, 1.165) is 10.8 Å². The molecule has 0 bridgehead atoms. The number of carboxylic acids is 1. The molecule has 0 spiro atoms. The minimum atomic E-state index is -0.738. The van der Waals surface area contributed by atoms with E-state index in [-0.39, 0.29) is 23.8 Å². The monoisotopic (exact) mass is 494 g/mol. The molecule has 3 aromatic carbocycles. The maximum Gasteiger partial charge on any atom is 0.306 e. The normalized spacial score (nSPS) is 17.5. The Morgan fingerprint density at radius 2 is 1.37 bits per heavy atom. The van der Waals surface area contributed by atoms with Crippen molar-refractivity contribution in [2.24, 2.45) is 5.92 Å². The lowest BCUT2D eigenvalue weighted by molar-refractivity contribution is -0.143. The molecular formula is C27H27ClN2O5. The molecule has 1 aliphatic rings. The number of carbonyl (C=O) groups is 3. The Bertz CT molecular complexity index is 1220. The smallest absolute Gasteiger partial charge is 0.306 e. The van der Waals surface area contributed by atoms with E-state index in [1.54, 1.807) is 42.5 Å². The quantitative estimate of drug-likeness (QED) is 0.394. The lowest BCUT2D eigenvalue weighted by atomic mass is 9.87. The molecule has 0 unspecified atom stereocenters. The van der Waals surface area contributed by atoms with Gasteiger partial charge in [-0.2, -0.15) is 0 Å². The average molecular weight is 495 g/mol. The standard InChI is InChI=1S/C27H27ClN2O5/c28-22-8-3-19-15-21(2-1-20(19)16-22)26(32)30-14-13-29-25(31)17-4-9-23(10-5-17)35-24-11-6-18(7-12-24)27(33)34/h1-5,8-10,15-16,18,24H,6-7,11-14H2,(H,29,31)(H,30,32)(H,33,34)/t18-,24+. The van der Waals surface area contributed by atoms with Gasteiger partial charge in [-0.1, -0.05) is 23.7 Å². The third kappa shape index (κ3) is 6.51. The fourth-order valence-corrected chi connectivity index (χ4v) is 4.40. The lowest BCUT2D eigenvalue weighted by Crippen LogP contribution is -2.34. The second-order valence-corrected chi connectivity index (χ2v) is 9.11. The number of nitrogens with one attached hydrogen (secondary N) is 2. The highest BCUT2D eigenvalue weighted by molar-refractivity contribution is 6.31. The molecule has 0 heterocycles. The number of hydrogen-bond acceptors (Lipinski definition) is 4. The first-order chi connectivity index (χ1) is 16.9. The highest BCUT2D eigenvalue weighted by Crippen LogP contribution is 2.28. The number of ether oxygens (including phenoxy) is 1. The molecule has 3 N–H and O–H groups in total. The van der Waals surface area contributed by atoms with Crippen molar-refractivity contribution in [3.63, 3.8) is 0 Å². The highest BCUT2D eigenvalue weighted by Gasteiger charge is 2.26. The van der Waals surface area contributed by atoms with E-state index >= 15 is 0 Å². The summed E-state index contributed by atoms with van der Waals surface area (Å²) in [6, 6.07) is 17.8. The Morgan fingerprint density at radius 3 is 2.03 bits per heavy atom. The van der Waals surface area contributed by atoms with Crippen molar-refractivity contribution in [3.05, 3.63) is 76.8 Å². The molecule has 0 saturated heterocycles. The van der Waals surface area contributed by atoms with Crippen LogP contribution in [0.1, 0.15) is 46.4 Å². The fourth-order valence-electron chi connectivity index (χ4n) is 4.22. The van der Waals surface area contributed by atoms with Crippen molar-refractivity contribution >= 4 is 40.2 Å². The molecule has 0 aliphatic heterocycles. The summed E-state index contributed by atoms with van der Waals surface area (Å²) in [7, 11) is 0. The molecular weight excluding hydrogens is 468 g/mol. The Balaban J connectivity index is 1.20. The van der Waals surface area contributed by atoms with Crippen molar-refractivity contribution in [2.45, 2.75) is 31.8 Å². The SMILES string of the molecule is O=C(NCCNC(=O)c1ccc2cc(Cl)ccc2c1)c1ccc(O[C@H]2CC[C@@H](C(=O)O)CC2)cc1. The van der Waals surface area contributed by atoms with Crippen LogP contribution in [-0.2, 0) is 4.79 Å². The summed E-state index contributed by atoms with van der Waals surface area (Å²) in [5.74, 6) is -0.814. The van der Waals surface area contributed by atoms with E-state index in [9.17, 15) is 14.4 Å². The zero-order valence-electron chi connectivity index (χ0n) is 19.1. The number of fused-ring (bicyclic) bond motifs is 1. The summed E-state index contributed by atoms with van der Waals surface area (Å²) in [6.07, 6.45) is 2.64. The van der Waals surface area contributed by atoms with Crippen molar-refractivity contribution in [1.82, 2.24) is 10.6 Å². The van der Waals surface area contributed by atoms with E-state index in [1.807, 2.05) is 18.2 Å². The van der Waals surface area contributed by atoms with Crippen LogP contribution >= 0.6 is 11.6 Å². The van der Waals surface area contributed by atoms with E-state index in [0.29, 0.717) is 60.7 Å². The van der Waals surface area contributed by atoms with Gasteiger partial charge in [0.25, 0.3) is 11.8 Å². The van der Waals surface area contributed by atoms with Crippen molar-refractivity contribution < 1.29 is 24.2 Å². The van der Waals surface area contributed by atoms with Gasteiger partial charge in [-0.25, -0.2) is 0 Å². The predicted molar refractivity (Wildman–Crippen MR) is 134 cm³/mol. The molecule has 0 radical (unpaired) electrons. The van der Waals surface area contributed by atoms with Gasteiger partial charge in [-0.3, -0.25) is 14.4 Å². The summed E-state index contributed by atoms with van der Waals surface area (Å²) < 4.78 is 5.94. The van der Waals surface area contributed by atoms with Gasteiger partial charge < -0.3 is 20.5 Å². The molecule has 0 atom stereocenters. The first-order valence-electron chi connectivity index (χ1n) is 11.6. The summed E-state index contributed by atoms with van der Waals surface area (Å²) in [4.78, 5) is 35.9. The largest absolute Gasteiger partial charge is 0.490 e. The second kappa shape index (κ2) is 11.2. The highest BCUT2D eigenvalue weighted by atomic mass is 35.5. The Hall–Kier alpha value is -3.58. The van der Waals surface area contributed by atoms with Gasteiger partial charge in [0.1, 0.15) is 5.75 Å². The molecule has 7 nitrogen and oxygen atoms in total. The van der Waals surface area contributed by atoms with Gasteiger partial charge in [-0.05, 0) is 85.0 Å². The van der Waals surface area contributed by atoms with Crippen LogP contribution in [0.15, 0.2) is 60.7 Å². The molecule has 1 aliphatic carbocycles. The first kappa shape index (κ1) is 24.5. The third-order valence-electron chi connectivity index (χ3n) is 6.20. The van der Waals surface area contributed by atoms with Crippen LogP contribution in [0.3, 0.4) is 0 Å². The van der Waals surface area contributed by atoms with Crippen LogP contribution in [0, 0.1) is 5.92 Å². The molecule has 1 saturated carbocycles. The van der Waals surface area contributed by atoms with Crippen LogP contribution in [0.25, 0.3) is 10.8 Å². The summed E-state index contributed by atoms with van der Waals surface area (Å²) >= 11 is 6.00. The van der Waals surface area contributed by atoms with E-state index in [1.165, 1.54) is 0 Å². The van der Waals surface area contributed by atoms with Gasteiger partial charge in [0.15, 0.2) is 0 Å². The van der Waals surface area contributed by atoms with Crippen molar-refractivity contribution in [3.8, 4) is 5.75 Å². The van der Waals surface area contributed by atoms with Crippen LogP contribution in [0.5, 0.6) is 5.75 Å². The number of aliphatic carboxylic acids is 1. The molecule has 182 valence electrons. The van der Waals surface area contributed by atoms with Gasteiger partial charge in [0.2, 0.25) is 0 Å². The Kier molecular flexibility index (Phi) is 7.87. The van der Waals surface area contributed by atoms with Gasteiger partial charge in [0.05, 0.1) is 12.0 Å². The van der Waals surface area contributed by atoms with Crippen LogP contribution in [-0.4, -0.2) is 42.1 Å². The van der Waals surface area contributed by atoms with E-state index < -0.39 is 5.97 Å². The van der Waals surface area contributed by atoms with E-state index in [4.69, 9.17) is 21.4 Å². The minimum absolute atomic E-state index is 0.00529. The maximum atomic E-state index is 12.4. The third-order valence-corrected chi connectivity index (χ3v) is 6.44. The van der Waals surface area contributed by atoms with Crippen molar-refractivity contribution in [1.29, 1.82) is 0 Å². The zero-order chi connectivity index (χ0) is 24.8. The number of hydrogen-bond donors (Lipinski definition) is 3. The fraction of sp³-hybridized carbons (Fsp3) is 0.296. The predicted octanol–water partition coefficient (Wildman–Crippen LogP) is 4.68. The minimum Gasteiger partial charge on any atom is -0.490 e. The van der Waals surface area contributed by atoms with Crippen LogP contribution in [0.4, 0.5) is 0 Å². The van der Waals surface area contributed by atoms with E-state index in [2.05, 4.69) is 10.6 Å². The number of amides is 2. The average Bonchev–Trinajstić information content (AvgIpc) is 2.86. The van der Waals surface area contributed by atoms with Gasteiger partial charge >= 0.3 is 5.97 Å². The second-order valence-electron chi connectivity index (χ2n) is 8.67. The first-order valence-corrected chi connectivity index (χ1v) is 12.0. The maximum absolute atomic E-state index is 12.4. The summed E-state index contributed by atoms with van der Waals surface area (Å²) in [6.45, 7) is 0.586. The number of carboxylic acid groups (broad SMARTS) is 1. The van der Waals surface area contributed by atoms with Crippen LogP contribution < -0.4 is 15.4 Å². The van der Waals surface area contributed by atoms with Crippen molar-refractivity contribution in [2.75, 3.05) is 13.1 Å². The Morgan fingerprint density at radius 1 is 0.800 bits per heavy atom. The number of carbonyl (C=O) groups excluding carboxylic acids is 2. The molecule has 1 fully saturated rings. The molecule has 35 heavy (non-hydrogen) atoms. The Labute approximate surface area is 208 Å². The summed E-state index contributed by atoms with van der Waals surface area (Å²) in [5, 5.41) is 17.2. The molecule has 0 aromatic heterocycles. The molecule has 8 heteroatoms.